The van der Waals surface area contributed by atoms with Crippen molar-refractivity contribution in [2.45, 2.75) is 47.6 Å². The summed E-state index contributed by atoms with van der Waals surface area (Å²) in [6, 6.07) is 0. The van der Waals surface area contributed by atoms with E-state index in [1.54, 1.807) is 0 Å². The molecule has 1 aromatic rings. The highest BCUT2D eigenvalue weighted by Gasteiger charge is 2.33. The summed E-state index contributed by atoms with van der Waals surface area (Å²) in [5.74, 6) is 0.786. The predicted molar refractivity (Wildman–Crippen MR) is 84.0 cm³/mol. The minimum atomic E-state index is 0.410. The molecule has 1 unspecified atom stereocenters. The largest absolute Gasteiger partial charge is 0.348 e. The average molecular weight is 281 g/mol. The second kappa shape index (κ2) is 5.80. The maximum absolute atomic E-state index is 4.77. The Hall–Kier alpha value is -0.610. The summed E-state index contributed by atoms with van der Waals surface area (Å²) in [6.45, 7) is 15.6. The number of anilines is 1. The standard InChI is InChI=1S/C15H27N3S/c1-6-16-9-13-11(2)17-14(19-13)18-8-7-12(10-18)15(3,4)5/h12,16H,6-10H2,1-5H3. The maximum atomic E-state index is 4.77. The number of aryl methyl sites for hydroxylation is 1. The Labute approximate surface area is 121 Å². The summed E-state index contributed by atoms with van der Waals surface area (Å²) in [7, 11) is 0. The van der Waals surface area contributed by atoms with E-state index in [0.29, 0.717) is 5.41 Å². The van der Waals surface area contributed by atoms with E-state index in [2.05, 4.69) is 44.8 Å². The highest BCUT2D eigenvalue weighted by Crippen LogP contribution is 2.37. The fraction of sp³-hybridized carbons (Fsp3) is 0.800. The van der Waals surface area contributed by atoms with Crippen molar-refractivity contribution in [1.82, 2.24) is 10.3 Å². The number of thiazole rings is 1. The first kappa shape index (κ1) is 14.8. The maximum Gasteiger partial charge on any atom is 0.185 e. The van der Waals surface area contributed by atoms with E-state index in [-0.39, 0.29) is 0 Å². The summed E-state index contributed by atoms with van der Waals surface area (Å²) < 4.78 is 0. The molecule has 0 radical (unpaired) electrons. The molecule has 2 heterocycles. The van der Waals surface area contributed by atoms with Gasteiger partial charge in [-0.2, -0.15) is 0 Å². The van der Waals surface area contributed by atoms with Gasteiger partial charge in [0.25, 0.3) is 0 Å². The third-order valence-corrected chi connectivity index (χ3v) is 5.32. The van der Waals surface area contributed by atoms with E-state index >= 15 is 0 Å². The minimum Gasteiger partial charge on any atom is -0.348 e. The first-order valence-corrected chi connectivity index (χ1v) is 8.15. The molecule has 1 fully saturated rings. The van der Waals surface area contributed by atoms with Crippen LogP contribution in [0.25, 0.3) is 0 Å². The van der Waals surface area contributed by atoms with E-state index in [4.69, 9.17) is 4.98 Å². The molecule has 1 atom stereocenters. The second-order valence-corrected chi connectivity index (χ2v) is 7.65. The molecule has 2 rings (SSSR count). The lowest BCUT2D eigenvalue weighted by atomic mass is 9.80. The molecule has 0 amide bonds. The lowest BCUT2D eigenvalue weighted by Gasteiger charge is -2.26. The smallest absolute Gasteiger partial charge is 0.185 e. The SMILES string of the molecule is CCNCc1sc(N2CCC(C(C)(C)C)C2)nc1C. The molecular weight excluding hydrogens is 254 g/mol. The van der Waals surface area contributed by atoms with Crippen LogP contribution >= 0.6 is 11.3 Å². The topological polar surface area (TPSA) is 28.2 Å². The van der Waals surface area contributed by atoms with Crippen molar-refractivity contribution in [3.63, 3.8) is 0 Å². The van der Waals surface area contributed by atoms with Gasteiger partial charge in [0.05, 0.1) is 5.69 Å². The summed E-state index contributed by atoms with van der Waals surface area (Å²) >= 11 is 1.86. The van der Waals surface area contributed by atoms with Gasteiger partial charge < -0.3 is 10.2 Å². The number of aromatic nitrogens is 1. The van der Waals surface area contributed by atoms with Crippen LogP contribution in [0.3, 0.4) is 0 Å². The van der Waals surface area contributed by atoms with E-state index < -0.39 is 0 Å². The molecule has 0 bridgehead atoms. The Morgan fingerprint density at radius 3 is 2.74 bits per heavy atom. The van der Waals surface area contributed by atoms with Gasteiger partial charge >= 0.3 is 0 Å². The number of hydrogen-bond donors (Lipinski definition) is 1. The molecule has 3 nitrogen and oxygen atoms in total. The van der Waals surface area contributed by atoms with Crippen molar-refractivity contribution in [2.75, 3.05) is 24.5 Å². The lowest BCUT2D eigenvalue weighted by Crippen LogP contribution is -2.25. The van der Waals surface area contributed by atoms with Gasteiger partial charge in [0.2, 0.25) is 0 Å². The first-order chi connectivity index (χ1) is 8.91. The molecule has 1 saturated heterocycles. The number of rotatable bonds is 4. The highest BCUT2D eigenvalue weighted by molar-refractivity contribution is 7.15. The molecule has 19 heavy (non-hydrogen) atoms. The molecule has 108 valence electrons. The fourth-order valence-electron chi connectivity index (χ4n) is 2.59. The summed E-state index contributed by atoms with van der Waals surface area (Å²) in [5.41, 5.74) is 1.60. The van der Waals surface area contributed by atoms with E-state index in [1.165, 1.54) is 22.1 Å². The zero-order valence-electron chi connectivity index (χ0n) is 12.9. The van der Waals surface area contributed by atoms with Crippen LogP contribution in [0.15, 0.2) is 0 Å². The second-order valence-electron chi connectivity index (χ2n) is 6.58. The van der Waals surface area contributed by atoms with Gasteiger partial charge in [-0.05, 0) is 31.2 Å². The quantitative estimate of drug-likeness (QED) is 0.916. The molecule has 4 heteroatoms. The van der Waals surface area contributed by atoms with E-state index in [0.717, 1.165) is 32.1 Å². The summed E-state index contributed by atoms with van der Waals surface area (Å²) in [5, 5.41) is 4.61. The Morgan fingerprint density at radius 2 is 2.16 bits per heavy atom. The normalized spacial score (nSPS) is 20.3. The number of nitrogens with zero attached hydrogens (tertiary/aromatic N) is 2. The first-order valence-electron chi connectivity index (χ1n) is 7.33. The Bertz CT molecular complexity index is 420. The summed E-state index contributed by atoms with van der Waals surface area (Å²) in [6.07, 6.45) is 1.30. The molecule has 0 aliphatic carbocycles. The average Bonchev–Trinajstić information content (AvgIpc) is 2.92. The number of hydrogen-bond acceptors (Lipinski definition) is 4. The Balaban J connectivity index is 2.03. The van der Waals surface area contributed by atoms with Crippen LogP contribution in [0.5, 0.6) is 0 Å². The van der Waals surface area contributed by atoms with Crippen LogP contribution < -0.4 is 10.2 Å². The molecule has 0 spiro atoms. The lowest BCUT2D eigenvalue weighted by molar-refractivity contribution is 0.263. The van der Waals surface area contributed by atoms with Crippen LogP contribution in [0.2, 0.25) is 0 Å². The minimum absolute atomic E-state index is 0.410. The molecule has 0 saturated carbocycles. The van der Waals surface area contributed by atoms with E-state index in [1.807, 2.05) is 11.3 Å². The van der Waals surface area contributed by atoms with Crippen molar-refractivity contribution in [2.24, 2.45) is 11.3 Å². The van der Waals surface area contributed by atoms with Crippen molar-refractivity contribution in [3.05, 3.63) is 10.6 Å². The molecule has 1 aliphatic heterocycles. The van der Waals surface area contributed by atoms with Gasteiger partial charge in [-0.25, -0.2) is 4.98 Å². The van der Waals surface area contributed by atoms with E-state index in [9.17, 15) is 0 Å². The van der Waals surface area contributed by atoms with Gasteiger partial charge in [-0.1, -0.05) is 27.7 Å². The molecule has 1 aliphatic rings. The van der Waals surface area contributed by atoms with Gasteiger partial charge in [-0.15, -0.1) is 11.3 Å². The van der Waals surface area contributed by atoms with Crippen LogP contribution in [-0.4, -0.2) is 24.6 Å². The molecule has 0 aromatic carbocycles. The third-order valence-electron chi connectivity index (χ3n) is 4.10. The van der Waals surface area contributed by atoms with Gasteiger partial charge in [0, 0.05) is 24.5 Å². The van der Waals surface area contributed by atoms with Crippen molar-refractivity contribution >= 4 is 16.5 Å². The molecular formula is C15H27N3S. The van der Waals surface area contributed by atoms with Crippen LogP contribution in [-0.2, 0) is 6.54 Å². The highest BCUT2D eigenvalue weighted by atomic mass is 32.1. The van der Waals surface area contributed by atoms with Crippen LogP contribution in [0.1, 0.15) is 44.7 Å². The molecule has 1 aromatic heterocycles. The predicted octanol–water partition coefficient (Wildman–Crippen LogP) is 3.43. The van der Waals surface area contributed by atoms with Crippen molar-refractivity contribution in [1.29, 1.82) is 0 Å². The van der Waals surface area contributed by atoms with Crippen molar-refractivity contribution in [3.8, 4) is 0 Å². The van der Waals surface area contributed by atoms with Crippen LogP contribution in [0, 0.1) is 18.3 Å². The summed E-state index contributed by atoms with van der Waals surface area (Å²) in [4.78, 5) is 8.63. The van der Waals surface area contributed by atoms with Crippen LogP contribution in [0.4, 0.5) is 5.13 Å². The Morgan fingerprint density at radius 1 is 1.42 bits per heavy atom. The van der Waals surface area contributed by atoms with Gasteiger partial charge in [0.1, 0.15) is 0 Å². The number of nitrogens with one attached hydrogen (secondary N) is 1. The fourth-order valence-corrected chi connectivity index (χ4v) is 3.66. The third kappa shape index (κ3) is 3.48. The van der Waals surface area contributed by atoms with Gasteiger partial charge in [-0.3, -0.25) is 0 Å². The van der Waals surface area contributed by atoms with Crippen molar-refractivity contribution < 1.29 is 0 Å². The zero-order chi connectivity index (χ0) is 14.0. The zero-order valence-corrected chi connectivity index (χ0v) is 13.7. The van der Waals surface area contributed by atoms with Gasteiger partial charge in [0.15, 0.2) is 5.13 Å². The molecule has 1 N–H and O–H groups in total. The Kier molecular flexibility index (Phi) is 4.51. The monoisotopic (exact) mass is 281 g/mol.